The molecule has 0 radical (unpaired) electrons. The van der Waals surface area contributed by atoms with Crippen molar-refractivity contribution in [3.05, 3.63) is 64.0 Å². The van der Waals surface area contributed by atoms with Crippen LogP contribution in [0.1, 0.15) is 20.0 Å². The molecule has 0 saturated carbocycles. The van der Waals surface area contributed by atoms with Crippen molar-refractivity contribution < 1.29 is 9.59 Å². The van der Waals surface area contributed by atoms with E-state index in [1.54, 1.807) is 24.3 Å². The number of benzene rings is 2. The number of primary amides is 1. The molecule has 3 aromatic rings. The molecule has 1 heterocycles. The minimum atomic E-state index is -0.509. The van der Waals surface area contributed by atoms with Crippen LogP contribution < -0.4 is 11.1 Å². The molecular weight excluding hydrogens is 320 g/mol. The van der Waals surface area contributed by atoms with Gasteiger partial charge in [0.1, 0.15) is 4.88 Å². The van der Waals surface area contributed by atoms with Crippen LogP contribution in [0, 0.1) is 0 Å². The maximum Gasteiger partial charge on any atom is 0.267 e. The van der Waals surface area contributed by atoms with E-state index >= 15 is 0 Å². The molecule has 0 aliphatic heterocycles. The average molecular weight is 331 g/mol. The molecule has 110 valence electrons. The number of hydrogen-bond donors (Lipinski definition) is 2. The van der Waals surface area contributed by atoms with Gasteiger partial charge in [-0.15, -0.1) is 11.3 Å². The van der Waals surface area contributed by atoms with Gasteiger partial charge < -0.3 is 11.1 Å². The van der Waals surface area contributed by atoms with Crippen molar-refractivity contribution in [2.75, 3.05) is 5.32 Å². The first kappa shape index (κ1) is 14.6. The molecule has 2 aromatic carbocycles. The molecule has 3 N–H and O–H groups in total. The predicted octanol–water partition coefficient (Wildman–Crippen LogP) is 3.91. The summed E-state index contributed by atoms with van der Waals surface area (Å²) in [6.07, 6.45) is 0. The van der Waals surface area contributed by atoms with Crippen molar-refractivity contribution in [1.82, 2.24) is 0 Å². The Hall–Kier alpha value is -2.37. The molecule has 0 fully saturated rings. The average Bonchev–Trinajstić information content (AvgIpc) is 2.85. The van der Waals surface area contributed by atoms with Gasteiger partial charge in [-0.2, -0.15) is 0 Å². The lowest BCUT2D eigenvalue weighted by atomic mass is 10.2. The molecule has 0 unspecified atom stereocenters. The monoisotopic (exact) mass is 330 g/mol. The fraction of sp³-hybridized carbons (Fsp3) is 0. The highest BCUT2D eigenvalue weighted by molar-refractivity contribution is 7.21. The van der Waals surface area contributed by atoms with Crippen LogP contribution in [-0.2, 0) is 0 Å². The van der Waals surface area contributed by atoms with Crippen molar-refractivity contribution in [2.45, 2.75) is 0 Å². The lowest BCUT2D eigenvalue weighted by molar-refractivity contribution is 0.0998. The molecule has 2 amide bonds. The number of thiophene rings is 1. The van der Waals surface area contributed by atoms with Gasteiger partial charge in [0.2, 0.25) is 5.91 Å². The van der Waals surface area contributed by atoms with Crippen LogP contribution in [0.5, 0.6) is 0 Å². The lowest BCUT2D eigenvalue weighted by Crippen LogP contribution is -2.12. The summed E-state index contributed by atoms with van der Waals surface area (Å²) in [5.41, 5.74) is 6.14. The van der Waals surface area contributed by atoms with E-state index in [1.807, 2.05) is 24.3 Å². The van der Waals surface area contributed by atoms with Gasteiger partial charge >= 0.3 is 0 Å². The molecule has 0 spiro atoms. The number of carbonyl (C=O) groups is 2. The number of carbonyl (C=O) groups excluding carboxylic acids is 2. The maximum absolute atomic E-state index is 12.3. The van der Waals surface area contributed by atoms with Gasteiger partial charge in [0.25, 0.3) is 5.91 Å². The van der Waals surface area contributed by atoms with Gasteiger partial charge in [-0.05, 0) is 30.3 Å². The van der Waals surface area contributed by atoms with Gasteiger partial charge in [-0.3, -0.25) is 9.59 Å². The van der Waals surface area contributed by atoms with Crippen molar-refractivity contribution in [3.63, 3.8) is 0 Å². The summed E-state index contributed by atoms with van der Waals surface area (Å²) in [7, 11) is 0. The minimum Gasteiger partial charge on any atom is -0.366 e. The fourth-order valence-corrected chi connectivity index (χ4v) is 3.48. The van der Waals surface area contributed by atoms with Crippen molar-refractivity contribution in [3.8, 4) is 0 Å². The maximum atomic E-state index is 12.3. The topological polar surface area (TPSA) is 72.2 Å². The molecule has 6 heteroatoms. The van der Waals surface area contributed by atoms with Gasteiger partial charge in [-0.25, -0.2) is 0 Å². The molecule has 22 heavy (non-hydrogen) atoms. The highest BCUT2D eigenvalue weighted by Crippen LogP contribution is 2.35. The Morgan fingerprint density at radius 3 is 2.36 bits per heavy atom. The third-order valence-corrected chi connectivity index (χ3v) is 4.84. The van der Waals surface area contributed by atoms with Crippen molar-refractivity contribution in [2.24, 2.45) is 5.73 Å². The first-order valence-corrected chi connectivity index (χ1v) is 7.64. The zero-order valence-corrected chi connectivity index (χ0v) is 12.9. The zero-order chi connectivity index (χ0) is 15.7. The molecule has 4 nitrogen and oxygen atoms in total. The Morgan fingerprint density at radius 2 is 1.73 bits per heavy atom. The van der Waals surface area contributed by atoms with Gasteiger partial charge in [0.15, 0.2) is 0 Å². The molecule has 1 aromatic heterocycles. The number of amides is 2. The summed E-state index contributed by atoms with van der Waals surface area (Å²) in [4.78, 5) is 23.8. The number of halogens is 1. The number of nitrogens with two attached hydrogens (primary N) is 1. The highest BCUT2D eigenvalue weighted by Gasteiger charge is 2.17. The molecular formula is C16H11ClN2O2S. The third kappa shape index (κ3) is 2.68. The van der Waals surface area contributed by atoms with E-state index in [0.717, 1.165) is 10.1 Å². The third-order valence-electron chi connectivity index (χ3n) is 3.17. The summed E-state index contributed by atoms with van der Waals surface area (Å²) in [5, 5.41) is 4.08. The quantitative estimate of drug-likeness (QED) is 0.764. The summed E-state index contributed by atoms with van der Waals surface area (Å²) in [6, 6.07) is 14.0. The molecule has 0 aliphatic carbocycles. The molecule has 0 atom stereocenters. The standard InChI is InChI=1S/C16H11ClN2O2S/c17-13-11-3-1-2-4-12(11)22-14(13)16(21)19-10-7-5-9(6-8-10)15(18)20/h1-8H,(H2,18,20)(H,19,21). The van der Waals surface area contributed by atoms with Gasteiger partial charge in [-0.1, -0.05) is 29.8 Å². The van der Waals surface area contributed by atoms with Crippen LogP contribution in [0.2, 0.25) is 5.02 Å². The first-order valence-electron chi connectivity index (χ1n) is 6.44. The van der Waals surface area contributed by atoms with Crippen molar-refractivity contribution in [1.29, 1.82) is 0 Å². The smallest absolute Gasteiger partial charge is 0.267 e. The van der Waals surface area contributed by atoms with E-state index < -0.39 is 5.91 Å². The molecule has 3 rings (SSSR count). The van der Waals surface area contributed by atoms with E-state index in [9.17, 15) is 9.59 Å². The van der Waals surface area contributed by atoms with E-state index in [0.29, 0.717) is 21.2 Å². The van der Waals surface area contributed by atoms with Crippen molar-refractivity contribution >= 4 is 50.5 Å². The fourth-order valence-electron chi connectivity index (χ4n) is 2.07. The van der Waals surface area contributed by atoms with E-state index in [1.165, 1.54) is 11.3 Å². The number of rotatable bonds is 3. The van der Waals surface area contributed by atoms with Crippen LogP contribution >= 0.6 is 22.9 Å². The lowest BCUT2D eigenvalue weighted by Gasteiger charge is -2.04. The number of hydrogen-bond acceptors (Lipinski definition) is 3. The minimum absolute atomic E-state index is 0.280. The van der Waals surface area contributed by atoms with Crippen LogP contribution in [0.25, 0.3) is 10.1 Å². The SMILES string of the molecule is NC(=O)c1ccc(NC(=O)c2sc3ccccc3c2Cl)cc1. The molecule has 0 saturated heterocycles. The van der Waals surface area contributed by atoms with Gasteiger partial charge in [0, 0.05) is 21.3 Å². The highest BCUT2D eigenvalue weighted by atomic mass is 35.5. The number of fused-ring (bicyclic) bond motifs is 1. The summed E-state index contributed by atoms with van der Waals surface area (Å²) >= 11 is 7.61. The second kappa shape index (κ2) is 5.79. The first-order chi connectivity index (χ1) is 10.6. The largest absolute Gasteiger partial charge is 0.366 e. The Kier molecular flexibility index (Phi) is 3.83. The zero-order valence-electron chi connectivity index (χ0n) is 11.3. The van der Waals surface area contributed by atoms with E-state index in [-0.39, 0.29) is 5.91 Å². The normalized spacial score (nSPS) is 10.6. The van der Waals surface area contributed by atoms with Crippen LogP contribution in [-0.4, -0.2) is 11.8 Å². The second-order valence-corrected chi connectivity index (χ2v) is 6.07. The van der Waals surface area contributed by atoms with Gasteiger partial charge in [0.05, 0.1) is 5.02 Å². The summed E-state index contributed by atoms with van der Waals surface area (Å²) in [6.45, 7) is 0. The van der Waals surface area contributed by atoms with Crippen LogP contribution in [0.15, 0.2) is 48.5 Å². The molecule has 0 aliphatic rings. The van der Waals surface area contributed by atoms with Crippen LogP contribution in [0.3, 0.4) is 0 Å². The Balaban J connectivity index is 1.87. The Labute approximate surface area is 135 Å². The second-order valence-electron chi connectivity index (χ2n) is 4.64. The summed E-state index contributed by atoms with van der Waals surface area (Å²) in [5.74, 6) is -0.788. The van der Waals surface area contributed by atoms with Crippen LogP contribution in [0.4, 0.5) is 5.69 Å². The number of anilines is 1. The van der Waals surface area contributed by atoms with E-state index in [2.05, 4.69) is 5.32 Å². The predicted molar refractivity (Wildman–Crippen MR) is 89.7 cm³/mol. The molecule has 0 bridgehead atoms. The summed E-state index contributed by atoms with van der Waals surface area (Å²) < 4.78 is 0.960. The Bertz CT molecular complexity index is 871. The number of nitrogens with one attached hydrogen (secondary N) is 1. The Morgan fingerprint density at radius 1 is 1.05 bits per heavy atom. The van der Waals surface area contributed by atoms with E-state index in [4.69, 9.17) is 17.3 Å².